The summed E-state index contributed by atoms with van der Waals surface area (Å²) in [6.07, 6.45) is 1.05. The predicted molar refractivity (Wildman–Crippen MR) is 98.4 cm³/mol. The monoisotopic (exact) mass is 339 g/mol. The SMILES string of the molecule is CC1CC(C)(C)N(C)c2cc3oc(=O)c(-c4cc(=O)[nH][nH]4)cc3cc21. The number of hydrogen-bond donors (Lipinski definition) is 2. The van der Waals surface area contributed by atoms with Crippen molar-refractivity contribution in [2.75, 3.05) is 11.9 Å². The molecule has 3 aromatic rings. The topological polar surface area (TPSA) is 82.1 Å². The number of H-pyrrole nitrogens is 2. The maximum Gasteiger partial charge on any atom is 0.345 e. The quantitative estimate of drug-likeness (QED) is 0.667. The van der Waals surface area contributed by atoms with Crippen LogP contribution in [-0.2, 0) is 0 Å². The number of benzene rings is 1. The summed E-state index contributed by atoms with van der Waals surface area (Å²) in [4.78, 5) is 26.0. The van der Waals surface area contributed by atoms with Crippen LogP contribution in [0.5, 0.6) is 0 Å². The molecule has 25 heavy (non-hydrogen) atoms. The van der Waals surface area contributed by atoms with Crippen molar-refractivity contribution in [1.82, 2.24) is 10.2 Å². The van der Waals surface area contributed by atoms with E-state index in [1.54, 1.807) is 6.07 Å². The molecule has 1 aliphatic heterocycles. The summed E-state index contributed by atoms with van der Waals surface area (Å²) in [5, 5.41) is 6.01. The van der Waals surface area contributed by atoms with Crippen molar-refractivity contribution in [3.05, 3.63) is 50.6 Å². The number of anilines is 1. The summed E-state index contributed by atoms with van der Waals surface area (Å²) in [5.74, 6) is 0.410. The first-order chi connectivity index (χ1) is 11.8. The number of nitrogens with zero attached hydrogens (tertiary/aromatic N) is 1. The summed E-state index contributed by atoms with van der Waals surface area (Å²) < 4.78 is 5.56. The van der Waals surface area contributed by atoms with Gasteiger partial charge in [0, 0.05) is 35.8 Å². The lowest BCUT2D eigenvalue weighted by Crippen LogP contribution is -2.45. The number of rotatable bonds is 1. The fourth-order valence-corrected chi connectivity index (χ4v) is 3.85. The second-order valence-electron chi connectivity index (χ2n) is 7.55. The van der Waals surface area contributed by atoms with Crippen molar-refractivity contribution in [1.29, 1.82) is 0 Å². The van der Waals surface area contributed by atoms with Crippen LogP contribution in [0, 0.1) is 0 Å². The zero-order valence-corrected chi connectivity index (χ0v) is 14.8. The van der Waals surface area contributed by atoms with E-state index >= 15 is 0 Å². The van der Waals surface area contributed by atoms with Crippen LogP contribution in [-0.4, -0.2) is 22.8 Å². The Morgan fingerprint density at radius 1 is 1.16 bits per heavy atom. The second-order valence-corrected chi connectivity index (χ2v) is 7.55. The van der Waals surface area contributed by atoms with Crippen molar-refractivity contribution in [3.63, 3.8) is 0 Å². The van der Waals surface area contributed by atoms with Crippen LogP contribution in [0.4, 0.5) is 5.69 Å². The van der Waals surface area contributed by atoms with Gasteiger partial charge in [-0.2, -0.15) is 0 Å². The van der Waals surface area contributed by atoms with E-state index in [0.717, 1.165) is 17.5 Å². The molecule has 1 atom stereocenters. The Bertz CT molecular complexity index is 1090. The van der Waals surface area contributed by atoms with Crippen LogP contribution in [0.1, 0.15) is 38.7 Å². The number of fused-ring (bicyclic) bond motifs is 2. The average molecular weight is 339 g/mol. The molecule has 0 spiro atoms. The van der Waals surface area contributed by atoms with Crippen molar-refractivity contribution >= 4 is 16.7 Å². The third-order valence-corrected chi connectivity index (χ3v) is 5.37. The fraction of sp³-hybridized carbons (Fsp3) is 0.368. The fourth-order valence-electron chi connectivity index (χ4n) is 3.85. The Kier molecular flexibility index (Phi) is 3.22. The van der Waals surface area contributed by atoms with Gasteiger partial charge in [-0.1, -0.05) is 6.92 Å². The smallest absolute Gasteiger partial charge is 0.345 e. The molecule has 2 aromatic heterocycles. The van der Waals surface area contributed by atoms with Crippen LogP contribution in [0.3, 0.4) is 0 Å². The lowest BCUT2D eigenvalue weighted by atomic mass is 9.80. The number of nitrogens with one attached hydrogen (secondary N) is 2. The maximum absolute atomic E-state index is 12.4. The highest BCUT2D eigenvalue weighted by Crippen LogP contribution is 2.44. The number of hydrogen-bond acceptors (Lipinski definition) is 4. The number of aromatic amines is 2. The molecule has 0 saturated heterocycles. The molecule has 130 valence electrons. The van der Waals surface area contributed by atoms with Gasteiger partial charge in [0.1, 0.15) is 5.58 Å². The van der Waals surface area contributed by atoms with Gasteiger partial charge >= 0.3 is 5.63 Å². The predicted octanol–water partition coefficient (Wildman–Crippen LogP) is 3.20. The normalized spacial score (nSPS) is 19.2. The molecule has 0 bridgehead atoms. The third-order valence-electron chi connectivity index (χ3n) is 5.37. The van der Waals surface area contributed by atoms with Crippen LogP contribution < -0.4 is 16.1 Å². The van der Waals surface area contributed by atoms with Gasteiger partial charge in [0.2, 0.25) is 0 Å². The van der Waals surface area contributed by atoms with E-state index in [4.69, 9.17) is 4.42 Å². The third kappa shape index (κ3) is 2.40. The first-order valence-electron chi connectivity index (χ1n) is 8.40. The van der Waals surface area contributed by atoms with E-state index in [-0.39, 0.29) is 11.1 Å². The molecule has 4 rings (SSSR count). The molecule has 1 aromatic carbocycles. The maximum atomic E-state index is 12.4. The van der Waals surface area contributed by atoms with Crippen molar-refractivity contribution in [2.45, 2.75) is 38.6 Å². The van der Waals surface area contributed by atoms with Crippen molar-refractivity contribution in [2.24, 2.45) is 0 Å². The van der Waals surface area contributed by atoms with Gasteiger partial charge in [0.05, 0.1) is 11.3 Å². The number of aromatic nitrogens is 2. The Morgan fingerprint density at radius 2 is 1.92 bits per heavy atom. The van der Waals surface area contributed by atoms with Gasteiger partial charge in [0.25, 0.3) is 5.56 Å². The molecule has 3 heterocycles. The second kappa shape index (κ2) is 5.12. The van der Waals surface area contributed by atoms with Gasteiger partial charge in [-0.15, -0.1) is 0 Å². The van der Waals surface area contributed by atoms with Gasteiger partial charge in [-0.25, -0.2) is 4.79 Å². The molecule has 0 aliphatic carbocycles. The van der Waals surface area contributed by atoms with Crippen molar-refractivity contribution in [3.8, 4) is 11.3 Å². The van der Waals surface area contributed by atoms with Crippen LogP contribution in [0.2, 0.25) is 0 Å². The van der Waals surface area contributed by atoms with Crippen molar-refractivity contribution < 1.29 is 4.42 Å². The van der Waals surface area contributed by atoms with E-state index in [1.807, 2.05) is 6.07 Å². The van der Waals surface area contributed by atoms with E-state index in [9.17, 15) is 9.59 Å². The highest BCUT2D eigenvalue weighted by Gasteiger charge is 2.34. The Hall–Kier alpha value is -2.76. The lowest BCUT2D eigenvalue weighted by Gasteiger charge is -2.45. The highest BCUT2D eigenvalue weighted by molar-refractivity contribution is 5.86. The zero-order valence-electron chi connectivity index (χ0n) is 14.8. The standard InChI is InChI=1S/C19H21N3O3/c1-10-9-19(2,3)22(4)15-8-16-11(5-12(10)15)6-13(18(24)25-16)14-7-17(23)21-20-14/h5-8,10H,9H2,1-4H3,(H2,20,21,23). The van der Waals surface area contributed by atoms with E-state index in [1.165, 1.54) is 11.6 Å². The largest absolute Gasteiger partial charge is 0.422 e. The van der Waals surface area contributed by atoms with Gasteiger partial charge in [0.15, 0.2) is 0 Å². The summed E-state index contributed by atoms with van der Waals surface area (Å²) in [6.45, 7) is 6.67. The molecule has 6 heteroatoms. The van der Waals surface area contributed by atoms with Gasteiger partial charge < -0.3 is 9.32 Å². The minimum Gasteiger partial charge on any atom is -0.422 e. The molecule has 1 aliphatic rings. The summed E-state index contributed by atoms with van der Waals surface area (Å²) in [5.41, 5.74) is 2.99. The van der Waals surface area contributed by atoms with E-state index in [0.29, 0.717) is 22.8 Å². The van der Waals surface area contributed by atoms with Crippen LogP contribution in [0.15, 0.2) is 38.3 Å². The highest BCUT2D eigenvalue weighted by atomic mass is 16.4. The molecule has 0 fully saturated rings. The Morgan fingerprint density at radius 3 is 2.60 bits per heavy atom. The average Bonchev–Trinajstić information content (AvgIpc) is 2.97. The first-order valence-corrected chi connectivity index (χ1v) is 8.40. The molecular weight excluding hydrogens is 318 g/mol. The Balaban J connectivity index is 1.95. The zero-order chi connectivity index (χ0) is 17.9. The molecule has 0 amide bonds. The molecule has 1 unspecified atom stereocenters. The minimum atomic E-state index is -0.464. The summed E-state index contributed by atoms with van der Waals surface area (Å²) in [6, 6.07) is 7.19. The van der Waals surface area contributed by atoms with Gasteiger partial charge in [-0.05, 0) is 43.9 Å². The van der Waals surface area contributed by atoms with E-state index < -0.39 is 5.63 Å². The summed E-state index contributed by atoms with van der Waals surface area (Å²) >= 11 is 0. The molecular formula is C19H21N3O3. The van der Waals surface area contributed by atoms with E-state index in [2.05, 4.69) is 49.0 Å². The summed E-state index contributed by atoms with van der Waals surface area (Å²) in [7, 11) is 2.08. The lowest BCUT2D eigenvalue weighted by molar-refractivity contribution is 0.395. The van der Waals surface area contributed by atoms with Crippen LogP contribution >= 0.6 is 0 Å². The Labute approximate surface area is 144 Å². The molecule has 2 N–H and O–H groups in total. The first kappa shape index (κ1) is 15.7. The molecule has 6 nitrogen and oxygen atoms in total. The van der Waals surface area contributed by atoms with Crippen LogP contribution in [0.25, 0.3) is 22.2 Å². The van der Waals surface area contributed by atoms with Gasteiger partial charge in [-0.3, -0.25) is 15.0 Å². The molecule has 0 radical (unpaired) electrons. The molecule has 0 saturated carbocycles. The minimum absolute atomic E-state index is 0.0466.